The van der Waals surface area contributed by atoms with E-state index < -0.39 is 10.0 Å². The molecule has 0 unspecified atom stereocenters. The van der Waals surface area contributed by atoms with Crippen molar-refractivity contribution in [3.63, 3.8) is 0 Å². The number of benzene rings is 1. The van der Waals surface area contributed by atoms with Crippen LogP contribution in [0.3, 0.4) is 0 Å². The fourth-order valence-electron chi connectivity index (χ4n) is 3.23. The van der Waals surface area contributed by atoms with Crippen LogP contribution in [0.15, 0.2) is 62.7 Å². The SMILES string of the molecule is O=C(OCc1ncc(-c2ccccc2)o1)C1CCN(S(=O)(=O)c2cccs2)CC1. The molecule has 0 amide bonds. The lowest BCUT2D eigenvalue weighted by Gasteiger charge is -2.29. The smallest absolute Gasteiger partial charge is 0.309 e. The Balaban J connectivity index is 1.29. The predicted molar refractivity (Wildman–Crippen MR) is 108 cm³/mol. The van der Waals surface area contributed by atoms with Crippen LogP contribution in [-0.2, 0) is 26.2 Å². The van der Waals surface area contributed by atoms with Gasteiger partial charge in [0, 0.05) is 18.7 Å². The molecule has 29 heavy (non-hydrogen) atoms. The zero-order valence-corrected chi connectivity index (χ0v) is 17.2. The van der Waals surface area contributed by atoms with E-state index in [4.69, 9.17) is 9.15 Å². The molecule has 0 atom stereocenters. The molecular formula is C20H20N2O5S2. The van der Waals surface area contributed by atoms with Gasteiger partial charge in [0.05, 0.1) is 12.1 Å². The number of aromatic nitrogens is 1. The number of hydrogen-bond donors (Lipinski definition) is 0. The Labute approximate surface area is 173 Å². The summed E-state index contributed by atoms with van der Waals surface area (Å²) in [6, 6.07) is 12.9. The van der Waals surface area contributed by atoms with E-state index in [0.29, 0.717) is 41.8 Å². The number of thiophene rings is 1. The van der Waals surface area contributed by atoms with Crippen molar-refractivity contribution in [2.45, 2.75) is 23.7 Å². The molecule has 3 heterocycles. The van der Waals surface area contributed by atoms with E-state index in [1.54, 1.807) is 23.7 Å². The van der Waals surface area contributed by atoms with Gasteiger partial charge in [0.25, 0.3) is 10.0 Å². The summed E-state index contributed by atoms with van der Waals surface area (Å²) in [6.07, 6.45) is 2.47. The Morgan fingerprint density at radius 1 is 1.17 bits per heavy atom. The van der Waals surface area contributed by atoms with Crippen molar-refractivity contribution < 1.29 is 22.4 Å². The van der Waals surface area contributed by atoms with Gasteiger partial charge in [0.1, 0.15) is 4.21 Å². The highest BCUT2D eigenvalue weighted by Gasteiger charge is 2.33. The third-order valence-corrected chi connectivity index (χ3v) is 8.10. The molecule has 7 nitrogen and oxygen atoms in total. The molecule has 0 radical (unpaired) electrons. The number of oxazole rings is 1. The number of carbonyl (C=O) groups excluding carboxylic acids is 1. The first-order valence-electron chi connectivity index (χ1n) is 9.24. The van der Waals surface area contributed by atoms with E-state index in [0.717, 1.165) is 5.56 Å². The maximum atomic E-state index is 12.6. The van der Waals surface area contributed by atoms with Crippen molar-refractivity contribution in [3.05, 3.63) is 59.9 Å². The highest BCUT2D eigenvalue weighted by molar-refractivity contribution is 7.91. The summed E-state index contributed by atoms with van der Waals surface area (Å²) in [5, 5.41) is 1.74. The number of piperidine rings is 1. The molecule has 0 N–H and O–H groups in total. The molecule has 1 fully saturated rings. The van der Waals surface area contributed by atoms with Gasteiger partial charge in [-0.25, -0.2) is 13.4 Å². The molecule has 2 aromatic heterocycles. The Hall–Kier alpha value is -2.49. The van der Waals surface area contributed by atoms with Gasteiger partial charge >= 0.3 is 5.97 Å². The van der Waals surface area contributed by atoms with Gasteiger partial charge in [0.2, 0.25) is 5.89 Å². The molecule has 152 valence electrons. The molecule has 0 saturated carbocycles. The Morgan fingerprint density at radius 2 is 1.93 bits per heavy atom. The van der Waals surface area contributed by atoms with E-state index in [2.05, 4.69) is 4.98 Å². The van der Waals surface area contributed by atoms with Crippen LogP contribution in [0.25, 0.3) is 11.3 Å². The van der Waals surface area contributed by atoms with Gasteiger partial charge in [-0.15, -0.1) is 11.3 Å². The first-order valence-corrected chi connectivity index (χ1v) is 11.6. The molecule has 1 aromatic carbocycles. The van der Waals surface area contributed by atoms with Gasteiger partial charge in [-0.1, -0.05) is 36.4 Å². The minimum Gasteiger partial charge on any atom is -0.455 e. The Kier molecular flexibility index (Phi) is 5.79. The lowest BCUT2D eigenvalue weighted by atomic mass is 9.98. The fraction of sp³-hybridized carbons (Fsp3) is 0.300. The lowest BCUT2D eigenvalue weighted by Crippen LogP contribution is -2.40. The third kappa shape index (κ3) is 4.42. The van der Waals surface area contributed by atoms with E-state index >= 15 is 0 Å². The molecule has 1 saturated heterocycles. The van der Waals surface area contributed by atoms with E-state index in [9.17, 15) is 13.2 Å². The summed E-state index contributed by atoms with van der Waals surface area (Å²) in [5.41, 5.74) is 0.900. The van der Waals surface area contributed by atoms with Crippen LogP contribution in [0, 0.1) is 5.92 Å². The first kappa shape index (κ1) is 19.8. The number of sulfonamides is 1. The van der Waals surface area contributed by atoms with E-state index in [-0.39, 0.29) is 18.5 Å². The zero-order chi connectivity index (χ0) is 20.3. The average Bonchev–Trinajstić information content (AvgIpc) is 3.45. The minimum atomic E-state index is -3.47. The van der Waals surface area contributed by atoms with Crippen molar-refractivity contribution in [2.75, 3.05) is 13.1 Å². The number of ether oxygens (including phenoxy) is 1. The molecule has 0 spiro atoms. The molecule has 1 aliphatic heterocycles. The van der Waals surface area contributed by atoms with E-state index in [1.807, 2.05) is 30.3 Å². The number of hydrogen-bond acceptors (Lipinski definition) is 7. The van der Waals surface area contributed by atoms with Crippen molar-refractivity contribution >= 4 is 27.3 Å². The number of nitrogens with zero attached hydrogens (tertiary/aromatic N) is 2. The maximum Gasteiger partial charge on any atom is 0.309 e. The van der Waals surface area contributed by atoms with Crippen LogP contribution >= 0.6 is 11.3 Å². The second-order valence-electron chi connectivity index (χ2n) is 6.70. The van der Waals surface area contributed by atoms with Gasteiger partial charge in [-0.2, -0.15) is 4.31 Å². The van der Waals surface area contributed by atoms with Gasteiger partial charge in [-0.05, 0) is 24.3 Å². The van der Waals surface area contributed by atoms with Crippen LogP contribution in [0.2, 0.25) is 0 Å². The Bertz CT molecular complexity index is 1050. The standard InChI is InChI=1S/C20H20N2O5S2/c23-20(26-14-18-21-13-17(27-18)15-5-2-1-3-6-15)16-8-10-22(11-9-16)29(24,25)19-7-4-12-28-19/h1-7,12-13,16H,8-11,14H2. The second kappa shape index (κ2) is 8.48. The van der Waals surface area contributed by atoms with E-state index in [1.165, 1.54) is 15.6 Å². The summed E-state index contributed by atoms with van der Waals surface area (Å²) < 4.78 is 37.9. The predicted octanol–water partition coefficient (Wildman–Crippen LogP) is 3.55. The number of carbonyl (C=O) groups is 1. The third-order valence-electron chi connectivity index (χ3n) is 4.83. The highest BCUT2D eigenvalue weighted by atomic mass is 32.2. The topological polar surface area (TPSA) is 89.7 Å². The Morgan fingerprint density at radius 3 is 2.62 bits per heavy atom. The normalized spacial score (nSPS) is 16.0. The molecule has 1 aliphatic rings. The molecule has 9 heteroatoms. The van der Waals surface area contributed by atoms with Gasteiger partial charge < -0.3 is 9.15 Å². The van der Waals surface area contributed by atoms with Crippen molar-refractivity contribution in [1.29, 1.82) is 0 Å². The maximum absolute atomic E-state index is 12.6. The lowest BCUT2D eigenvalue weighted by molar-refractivity contribution is -0.151. The van der Waals surface area contributed by atoms with Crippen molar-refractivity contribution in [1.82, 2.24) is 9.29 Å². The van der Waals surface area contributed by atoms with Crippen LogP contribution < -0.4 is 0 Å². The number of rotatable bonds is 6. The highest BCUT2D eigenvalue weighted by Crippen LogP contribution is 2.27. The molecule has 0 aliphatic carbocycles. The fourth-order valence-corrected chi connectivity index (χ4v) is 5.85. The monoisotopic (exact) mass is 432 g/mol. The second-order valence-corrected chi connectivity index (χ2v) is 9.81. The van der Waals surface area contributed by atoms with Gasteiger partial charge in [-0.3, -0.25) is 4.79 Å². The molecule has 0 bridgehead atoms. The summed E-state index contributed by atoms with van der Waals surface area (Å²) in [4.78, 5) is 16.5. The zero-order valence-electron chi connectivity index (χ0n) is 15.6. The quantitative estimate of drug-likeness (QED) is 0.554. The average molecular weight is 433 g/mol. The summed E-state index contributed by atoms with van der Waals surface area (Å²) >= 11 is 1.20. The van der Waals surface area contributed by atoms with Crippen LogP contribution in [0.4, 0.5) is 0 Å². The molecule has 3 aromatic rings. The first-order chi connectivity index (χ1) is 14.0. The minimum absolute atomic E-state index is 0.0423. The van der Waals surface area contributed by atoms with Crippen LogP contribution in [0.1, 0.15) is 18.7 Å². The summed E-state index contributed by atoms with van der Waals surface area (Å²) in [5.74, 6) is 0.268. The van der Waals surface area contributed by atoms with Crippen LogP contribution in [0.5, 0.6) is 0 Å². The summed E-state index contributed by atoms with van der Waals surface area (Å²) in [7, 11) is -3.47. The van der Waals surface area contributed by atoms with Crippen molar-refractivity contribution in [3.8, 4) is 11.3 Å². The van der Waals surface area contributed by atoms with Crippen LogP contribution in [-0.4, -0.2) is 36.8 Å². The van der Waals surface area contributed by atoms with Crippen molar-refractivity contribution in [2.24, 2.45) is 5.92 Å². The number of esters is 1. The largest absolute Gasteiger partial charge is 0.455 e. The van der Waals surface area contributed by atoms with Gasteiger partial charge in [0.15, 0.2) is 12.4 Å². The molecule has 4 rings (SSSR count). The molecular weight excluding hydrogens is 412 g/mol. The summed E-state index contributed by atoms with van der Waals surface area (Å²) in [6.45, 7) is 0.563.